The largest absolute Gasteiger partial charge is 0.490 e. The third kappa shape index (κ3) is 4.26. The summed E-state index contributed by atoms with van der Waals surface area (Å²) in [6.45, 7) is 4.01. The number of hydrogen-bond donors (Lipinski definition) is 3. The van der Waals surface area contributed by atoms with Crippen molar-refractivity contribution in [2.24, 2.45) is 0 Å². The van der Waals surface area contributed by atoms with E-state index in [4.69, 9.17) is 9.90 Å². The Balaban J connectivity index is 0.000000298. The van der Waals surface area contributed by atoms with Gasteiger partial charge in [-0.25, -0.2) is 9.78 Å². The van der Waals surface area contributed by atoms with E-state index < -0.39 is 12.1 Å². The van der Waals surface area contributed by atoms with Crippen molar-refractivity contribution in [2.75, 3.05) is 0 Å². The Morgan fingerprint density at radius 2 is 1.92 bits per heavy atom. The number of alkyl halides is 3. The van der Waals surface area contributed by atoms with Crippen LogP contribution in [0.15, 0.2) is 35.4 Å². The number of rotatable bonds is 2. The normalized spacial score (nSPS) is 11.3. The molecule has 1 aromatic carbocycles. The highest BCUT2D eigenvalue weighted by molar-refractivity contribution is 5.92. The SMILES string of the molecule is CC(C)c1nc2c(-c3cn[nH]c3)cccc2c(=O)[nH]1.O=C(O)C(F)(F)F. The zero-order valence-corrected chi connectivity index (χ0v) is 13.8. The summed E-state index contributed by atoms with van der Waals surface area (Å²) in [4.78, 5) is 28.4. The van der Waals surface area contributed by atoms with E-state index in [1.54, 1.807) is 18.5 Å². The predicted octanol–water partition coefficient (Wildman–Crippen LogP) is 3.07. The molecule has 0 saturated carbocycles. The van der Waals surface area contributed by atoms with Crippen molar-refractivity contribution >= 4 is 16.9 Å². The predicted molar refractivity (Wildman–Crippen MR) is 87.7 cm³/mol. The summed E-state index contributed by atoms with van der Waals surface area (Å²) in [6.07, 6.45) is -1.56. The summed E-state index contributed by atoms with van der Waals surface area (Å²) < 4.78 is 31.7. The topological polar surface area (TPSA) is 112 Å². The van der Waals surface area contributed by atoms with Gasteiger partial charge in [-0.15, -0.1) is 0 Å². The molecular formula is C16H15F3N4O3. The quantitative estimate of drug-likeness (QED) is 0.644. The molecular weight excluding hydrogens is 353 g/mol. The van der Waals surface area contributed by atoms with Gasteiger partial charge in [0.1, 0.15) is 5.82 Å². The van der Waals surface area contributed by atoms with Crippen LogP contribution in [0.1, 0.15) is 25.6 Å². The van der Waals surface area contributed by atoms with Crippen LogP contribution in [0.4, 0.5) is 13.2 Å². The number of benzene rings is 1. The van der Waals surface area contributed by atoms with Crippen molar-refractivity contribution in [2.45, 2.75) is 25.9 Å². The van der Waals surface area contributed by atoms with Gasteiger partial charge in [-0.05, 0) is 6.07 Å². The molecule has 0 saturated heterocycles. The molecule has 0 spiro atoms. The Morgan fingerprint density at radius 3 is 2.42 bits per heavy atom. The first-order chi connectivity index (χ1) is 12.1. The number of fused-ring (bicyclic) bond motifs is 1. The van der Waals surface area contributed by atoms with Crippen LogP contribution in [-0.2, 0) is 4.79 Å². The van der Waals surface area contributed by atoms with Crippen molar-refractivity contribution in [3.05, 3.63) is 46.8 Å². The molecule has 7 nitrogen and oxygen atoms in total. The van der Waals surface area contributed by atoms with E-state index in [0.29, 0.717) is 11.2 Å². The maximum absolute atomic E-state index is 12.1. The van der Waals surface area contributed by atoms with E-state index in [2.05, 4.69) is 20.2 Å². The van der Waals surface area contributed by atoms with Crippen molar-refractivity contribution in [1.29, 1.82) is 0 Å². The molecule has 2 heterocycles. The summed E-state index contributed by atoms with van der Waals surface area (Å²) in [6, 6.07) is 5.59. The van der Waals surface area contributed by atoms with Gasteiger partial charge >= 0.3 is 12.1 Å². The third-order valence-corrected chi connectivity index (χ3v) is 3.35. The van der Waals surface area contributed by atoms with Gasteiger partial charge in [0.2, 0.25) is 0 Å². The average Bonchev–Trinajstić information content (AvgIpc) is 3.08. The third-order valence-electron chi connectivity index (χ3n) is 3.35. The molecule has 0 aliphatic heterocycles. The summed E-state index contributed by atoms with van der Waals surface area (Å²) in [5.74, 6) is -1.88. The lowest BCUT2D eigenvalue weighted by Crippen LogP contribution is -2.21. The molecule has 0 aliphatic rings. The van der Waals surface area contributed by atoms with Crippen LogP contribution in [0.5, 0.6) is 0 Å². The monoisotopic (exact) mass is 368 g/mol. The average molecular weight is 368 g/mol. The van der Waals surface area contributed by atoms with Gasteiger partial charge in [-0.1, -0.05) is 26.0 Å². The van der Waals surface area contributed by atoms with Gasteiger partial charge in [0.15, 0.2) is 0 Å². The Bertz CT molecular complexity index is 963. The highest BCUT2D eigenvalue weighted by Crippen LogP contribution is 2.25. The van der Waals surface area contributed by atoms with Gasteiger partial charge in [-0.3, -0.25) is 9.89 Å². The van der Waals surface area contributed by atoms with Crippen LogP contribution >= 0.6 is 0 Å². The summed E-state index contributed by atoms with van der Waals surface area (Å²) >= 11 is 0. The maximum atomic E-state index is 12.1. The molecule has 10 heteroatoms. The second-order valence-electron chi connectivity index (χ2n) is 5.60. The number of carboxylic acid groups (broad SMARTS) is 1. The molecule has 0 radical (unpaired) electrons. The van der Waals surface area contributed by atoms with E-state index in [9.17, 15) is 18.0 Å². The highest BCUT2D eigenvalue weighted by atomic mass is 19.4. The number of aromatic nitrogens is 4. The van der Waals surface area contributed by atoms with E-state index >= 15 is 0 Å². The summed E-state index contributed by atoms with van der Waals surface area (Å²) in [5.41, 5.74) is 2.47. The molecule has 0 unspecified atom stereocenters. The van der Waals surface area contributed by atoms with Gasteiger partial charge in [0.05, 0.1) is 17.1 Å². The van der Waals surface area contributed by atoms with Crippen LogP contribution in [0.2, 0.25) is 0 Å². The van der Waals surface area contributed by atoms with Crippen LogP contribution in [0.25, 0.3) is 22.0 Å². The van der Waals surface area contributed by atoms with Crippen LogP contribution in [0, 0.1) is 0 Å². The summed E-state index contributed by atoms with van der Waals surface area (Å²) in [5, 5.41) is 14.5. The lowest BCUT2D eigenvalue weighted by Gasteiger charge is -2.08. The number of nitrogens with one attached hydrogen (secondary N) is 2. The molecule has 3 N–H and O–H groups in total. The number of nitrogens with zero attached hydrogens (tertiary/aromatic N) is 2. The van der Waals surface area contributed by atoms with Crippen LogP contribution in [0.3, 0.4) is 0 Å². The first kappa shape index (κ1) is 19.2. The molecule has 0 amide bonds. The fraction of sp³-hybridized carbons (Fsp3) is 0.250. The smallest absolute Gasteiger partial charge is 0.475 e. The zero-order chi connectivity index (χ0) is 19.5. The van der Waals surface area contributed by atoms with Gasteiger partial charge in [0, 0.05) is 23.2 Å². The number of halogens is 3. The second kappa shape index (κ2) is 7.38. The minimum Gasteiger partial charge on any atom is -0.475 e. The van der Waals surface area contributed by atoms with Crippen LogP contribution in [-0.4, -0.2) is 37.4 Å². The van der Waals surface area contributed by atoms with E-state index in [1.165, 1.54) is 0 Å². The Kier molecular flexibility index (Phi) is 5.44. The van der Waals surface area contributed by atoms with Crippen molar-refractivity contribution < 1.29 is 23.1 Å². The lowest BCUT2D eigenvalue weighted by molar-refractivity contribution is -0.192. The maximum Gasteiger partial charge on any atom is 0.490 e. The van der Waals surface area contributed by atoms with Crippen molar-refractivity contribution in [3.8, 4) is 11.1 Å². The number of para-hydroxylation sites is 1. The Labute approximate surface area is 144 Å². The van der Waals surface area contributed by atoms with Gasteiger partial charge < -0.3 is 10.1 Å². The fourth-order valence-corrected chi connectivity index (χ4v) is 2.08. The number of aliphatic carboxylic acids is 1. The molecule has 0 atom stereocenters. The summed E-state index contributed by atoms with van der Waals surface area (Å²) in [7, 11) is 0. The molecule has 138 valence electrons. The van der Waals surface area contributed by atoms with E-state index in [-0.39, 0.29) is 11.5 Å². The molecule has 0 aliphatic carbocycles. The minimum absolute atomic E-state index is 0.0981. The van der Waals surface area contributed by atoms with Gasteiger partial charge in [0.25, 0.3) is 5.56 Å². The second-order valence-corrected chi connectivity index (χ2v) is 5.60. The number of H-pyrrole nitrogens is 2. The first-order valence-corrected chi connectivity index (χ1v) is 7.43. The molecule has 2 aromatic heterocycles. The number of carboxylic acids is 1. The fourth-order valence-electron chi connectivity index (χ4n) is 2.08. The number of aromatic amines is 2. The molecule has 3 rings (SSSR count). The number of hydrogen-bond acceptors (Lipinski definition) is 4. The Hall–Kier alpha value is -3.17. The first-order valence-electron chi connectivity index (χ1n) is 7.43. The Morgan fingerprint density at radius 1 is 1.27 bits per heavy atom. The standard InChI is InChI=1S/C14H14N4O.C2HF3O2/c1-8(2)13-17-12-10(9-6-15-16-7-9)4-3-5-11(12)14(19)18-13;3-2(4,5)1(6)7/h3-8H,1-2H3,(H,15,16)(H,17,18,19);(H,6,7). The van der Waals surface area contributed by atoms with Crippen molar-refractivity contribution in [1.82, 2.24) is 20.2 Å². The lowest BCUT2D eigenvalue weighted by atomic mass is 10.1. The van der Waals surface area contributed by atoms with Crippen molar-refractivity contribution in [3.63, 3.8) is 0 Å². The molecule has 0 bridgehead atoms. The molecule has 3 aromatic rings. The van der Waals surface area contributed by atoms with Crippen LogP contribution < -0.4 is 5.56 Å². The van der Waals surface area contributed by atoms with E-state index in [1.807, 2.05) is 26.0 Å². The molecule has 0 fully saturated rings. The molecule has 26 heavy (non-hydrogen) atoms. The van der Waals surface area contributed by atoms with Gasteiger partial charge in [-0.2, -0.15) is 18.3 Å². The number of carbonyl (C=O) groups is 1. The minimum atomic E-state index is -5.08. The van der Waals surface area contributed by atoms with E-state index in [0.717, 1.165) is 16.6 Å². The zero-order valence-electron chi connectivity index (χ0n) is 13.8. The highest BCUT2D eigenvalue weighted by Gasteiger charge is 2.38.